The molecule has 184 valence electrons. The summed E-state index contributed by atoms with van der Waals surface area (Å²) in [6.45, 7) is 6.14. The molecule has 1 amide bonds. The zero-order valence-corrected chi connectivity index (χ0v) is 20.0. The summed E-state index contributed by atoms with van der Waals surface area (Å²) in [4.78, 5) is 23.1. The van der Waals surface area contributed by atoms with Crippen molar-refractivity contribution >= 4 is 11.9 Å². The Morgan fingerprint density at radius 3 is 2.71 bits per heavy atom. The van der Waals surface area contributed by atoms with Crippen LogP contribution in [0, 0.1) is 30.5 Å². The van der Waals surface area contributed by atoms with Gasteiger partial charge < -0.3 is 20.1 Å². The lowest BCUT2D eigenvalue weighted by molar-refractivity contribution is -0.121. The third kappa shape index (κ3) is 6.44. The van der Waals surface area contributed by atoms with E-state index in [-0.39, 0.29) is 25.0 Å². The molecule has 1 aliphatic heterocycles. The third-order valence-electron chi connectivity index (χ3n) is 6.99. The Kier molecular flexibility index (Phi) is 7.98. The third-order valence-corrected chi connectivity index (χ3v) is 6.99. The quantitative estimate of drug-likeness (QED) is 0.554. The number of nitrogens with one attached hydrogen (secondary N) is 1. The van der Waals surface area contributed by atoms with E-state index in [1.165, 1.54) is 25.3 Å². The molecule has 2 aromatic rings. The predicted octanol–water partition coefficient (Wildman–Crippen LogP) is 3.29. The summed E-state index contributed by atoms with van der Waals surface area (Å²) < 4.78 is 20.2. The Hall–Kier alpha value is -2.74. The van der Waals surface area contributed by atoms with Gasteiger partial charge in [-0.05, 0) is 74.5 Å². The first-order valence-electron chi connectivity index (χ1n) is 12.3. The van der Waals surface area contributed by atoms with Gasteiger partial charge in [-0.2, -0.15) is 0 Å². The number of anilines is 1. The van der Waals surface area contributed by atoms with Gasteiger partial charge in [0.15, 0.2) is 0 Å². The molecule has 34 heavy (non-hydrogen) atoms. The number of aromatic nitrogens is 2. The van der Waals surface area contributed by atoms with Gasteiger partial charge in [0.05, 0.1) is 19.6 Å². The molecule has 2 N–H and O–H groups in total. The molecule has 1 saturated heterocycles. The van der Waals surface area contributed by atoms with Crippen LogP contribution in [0.1, 0.15) is 43.7 Å². The van der Waals surface area contributed by atoms with Crippen LogP contribution in [-0.2, 0) is 11.2 Å². The summed E-state index contributed by atoms with van der Waals surface area (Å²) in [5.74, 6) is 2.78. The first-order valence-corrected chi connectivity index (χ1v) is 12.3. The molecule has 3 atom stereocenters. The fourth-order valence-electron chi connectivity index (χ4n) is 4.89. The van der Waals surface area contributed by atoms with Crippen LogP contribution in [0.3, 0.4) is 0 Å². The highest BCUT2D eigenvalue weighted by Gasteiger charge is 2.43. The zero-order valence-electron chi connectivity index (χ0n) is 20.0. The van der Waals surface area contributed by atoms with Gasteiger partial charge in [-0.3, -0.25) is 4.79 Å². The van der Waals surface area contributed by atoms with Gasteiger partial charge in [0, 0.05) is 37.6 Å². The van der Waals surface area contributed by atoms with Gasteiger partial charge in [-0.25, -0.2) is 14.4 Å². The maximum absolute atomic E-state index is 14.4. The van der Waals surface area contributed by atoms with E-state index in [4.69, 9.17) is 9.84 Å². The second kappa shape index (κ2) is 11.1. The Balaban J connectivity index is 1.16. The summed E-state index contributed by atoms with van der Waals surface area (Å²) in [5, 5.41) is 11.6. The van der Waals surface area contributed by atoms with Crippen molar-refractivity contribution in [2.24, 2.45) is 17.8 Å². The second-order valence-electron chi connectivity index (χ2n) is 9.76. The van der Waals surface area contributed by atoms with Crippen molar-refractivity contribution in [1.82, 2.24) is 15.3 Å². The van der Waals surface area contributed by atoms with Crippen LogP contribution < -0.4 is 15.0 Å². The molecule has 2 heterocycles. The Bertz CT molecular complexity index is 963. The molecule has 0 bridgehead atoms. The number of hydrogen-bond acceptors (Lipinski definition) is 6. The molecule has 2 aliphatic rings. The van der Waals surface area contributed by atoms with E-state index in [1.807, 2.05) is 19.3 Å². The molecular formula is C26H35FN4O3. The lowest BCUT2D eigenvalue weighted by atomic mass is 9.90. The summed E-state index contributed by atoms with van der Waals surface area (Å²) >= 11 is 0. The Labute approximate surface area is 200 Å². The Morgan fingerprint density at radius 1 is 1.29 bits per heavy atom. The molecular weight excluding hydrogens is 435 g/mol. The SMILES string of the molecule is Cc1cnc(N2CCC([C@H]3C[C@H]3CCOc3ccc(CC(=O)NC(C)CO)c(F)c3)CC2)nc1. The maximum atomic E-state index is 14.4. The summed E-state index contributed by atoms with van der Waals surface area (Å²) in [6.07, 6.45) is 8.28. The molecule has 1 unspecified atom stereocenters. The van der Waals surface area contributed by atoms with Gasteiger partial charge in [0.25, 0.3) is 0 Å². The lowest BCUT2D eigenvalue weighted by Gasteiger charge is -2.32. The number of aliphatic hydroxyl groups excluding tert-OH is 1. The standard InChI is InChI=1S/C26H35FN4O3/c1-17-14-28-26(29-15-17)31-8-5-19(6-9-31)23-11-20(23)7-10-34-22-4-3-21(24(27)13-22)12-25(33)30-18(2)16-32/h3-4,13-15,18-20,23,32H,5-12,16H2,1-2H3,(H,30,33)/t18?,20-,23-/m1/s1. The molecule has 7 nitrogen and oxygen atoms in total. The highest BCUT2D eigenvalue weighted by atomic mass is 19.1. The molecule has 8 heteroatoms. The number of benzene rings is 1. The number of halogens is 1. The molecule has 0 spiro atoms. The second-order valence-corrected chi connectivity index (χ2v) is 9.76. The maximum Gasteiger partial charge on any atom is 0.225 e. The summed E-state index contributed by atoms with van der Waals surface area (Å²) in [7, 11) is 0. The van der Waals surface area contributed by atoms with Gasteiger partial charge in [-0.15, -0.1) is 0 Å². The zero-order chi connectivity index (χ0) is 24.1. The van der Waals surface area contributed by atoms with Crippen LogP contribution in [0.2, 0.25) is 0 Å². The first kappa shape index (κ1) is 24.4. The number of carbonyl (C=O) groups excluding carboxylic acids is 1. The van der Waals surface area contributed by atoms with Crippen LogP contribution in [0.25, 0.3) is 0 Å². The van der Waals surface area contributed by atoms with E-state index in [0.29, 0.717) is 23.8 Å². The minimum Gasteiger partial charge on any atom is -0.493 e. The number of rotatable bonds is 10. The van der Waals surface area contributed by atoms with Crippen LogP contribution in [0.5, 0.6) is 5.75 Å². The molecule has 1 aromatic heterocycles. The molecule has 4 rings (SSSR count). The molecule has 0 radical (unpaired) electrons. The number of nitrogens with zero attached hydrogens (tertiary/aromatic N) is 3. The minimum atomic E-state index is -0.446. The van der Waals surface area contributed by atoms with Crippen LogP contribution >= 0.6 is 0 Å². The average molecular weight is 471 g/mol. The lowest BCUT2D eigenvalue weighted by Crippen LogP contribution is -2.36. The van der Waals surface area contributed by atoms with Crippen molar-refractivity contribution in [2.45, 2.75) is 52.0 Å². The number of aryl methyl sites for hydroxylation is 1. The number of hydrogen-bond donors (Lipinski definition) is 2. The number of aliphatic hydroxyl groups is 1. The van der Waals surface area contributed by atoms with Crippen LogP contribution in [0.15, 0.2) is 30.6 Å². The normalized spacial score (nSPS) is 21.2. The highest BCUT2D eigenvalue weighted by molar-refractivity contribution is 5.78. The number of piperidine rings is 1. The van der Waals surface area contributed by atoms with Crippen molar-refractivity contribution in [2.75, 3.05) is 31.2 Å². The predicted molar refractivity (Wildman–Crippen MR) is 128 cm³/mol. The molecule has 1 saturated carbocycles. The fraction of sp³-hybridized carbons (Fsp3) is 0.577. The Morgan fingerprint density at radius 2 is 2.03 bits per heavy atom. The van der Waals surface area contributed by atoms with Gasteiger partial charge in [0.1, 0.15) is 11.6 Å². The topological polar surface area (TPSA) is 87.6 Å². The fourth-order valence-corrected chi connectivity index (χ4v) is 4.89. The first-order chi connectivity index (χ1) is 16.4. The van der Waals surface area contributed by atoms with E-state index < -0.39 is 5.82 Å². The van der Waals surface area contributed by atoms with E-state index in [9.17, 15) is 9.18 Å². The molecule has 1 aliphatic carbocycles. The van der Waals surface area contributed by atoms with Crippen molar-refractivity contribution in [3.8, 4) is 5.75 Å². The van der Waals surface area contributed by atoms with E-state index in [2.05, 4.69) is 20.2 Å². The van der Waals surface area contributed by atoms with Gasteiger partial charge in [0.2, 0.25) is 11.9 Å². The summed E-state index contributed by atoms with van der Waals surface area (Å²) in [5.41, 5.74) is 1.40. The number of amides is 1. The van der Waals surface area contributed by atoms with Crippen molar-refractivity contribution in [1.29, 1.82) is 0 Å². The monoisotopic (exact) mass is 470 g/mol. The van der Waals surface area contributed by atoms with Crippen LogP contribution in [0.4, 0.5) is 10.3 Å². The number of carbonyl (C=O) groups is 1. The van der Waals surface area contributed by atoms with Crippen molar-refractivity contribution in [3.05, 3.63) is 47.5 Å². The van der Waals surface area contributed by atoms with Gasteiger partial charge in [-0.1, -0.05) is 6.07 Å². The van der Waals surface area contributed by atoms with E-state index in [0.717, 1.165) is 42.9 Å². The number of ether oxygens (including phenoxy) is 1. The van der Waals surface area contributed by atoms with Crippen molar-refractivity contribution in [3.63, 3.8) is 0 Å². The summed E-state index contributed by atoms with van der Waals surface area (Å²) in [6, 6.07) is 4.32. The smallest absolute Gasteiger partial charge is 0.225 e. The minimum absolute atomic E-state index is 0.0605. The van der Waals surface area contributed by atoms with E-state index in [1.54, 1.807) is 19.1 Å². The highest BCUT2D eigenvalue weighted by Crippen LogP contribution is 2.49. The largest absolute Gasteiger partial charge is 0.493 e. The van der Waals surface area contributed by atoms with Crippen LogP contribution in [-0.4, -0.2) is 53.3 Å². The molecule has 2 fully saturated rings. The van der Waals surface area contributed by atoms with E-state index >= 15 is 0 Å². The average Bonchev–Trinajstić information content (AvgIpc) is 3.61. The van der Waals surface area contributed by atoms with Gasteiger partial charge >= 0.3 is 0 Å². The molecule has 1 aromatic carbocycles. The van der Waals surface area contributed by atoms with Crippen molar-refractivity contribution < 1.29 is 19.0 Å².